The van der Waals surface area contributed by atoms with Crippen LogP contribution in [0.15, 0.2) is 36.4 Å². The average molecular weight is 517 g/mol. The lowest BCUT2D eigenvalue weighted by Crippen LogP contribution is -2.44. The molecule has 0 atom stereocenters. The monoisotopic (exact) mass is 517 g/mol. The van der Waals surface area contributed by atoms with E-state index in [0.29, 0.717) is 5.56 Å². The molecule has 156 valence electrons. The Labute approximate surface area is 182 Å². The normalized spacial score (nSPS) is 16.1. The van der Waals surface area contributed by atoms with E-state index in [4.69, 9.17) is 0 Å². The summed E-state index contributed by atoms with van der Waals surface area (Å²) in [5.41, 5.74) is 0.919. The Kier molecular flexibility index (Phi) is 6.85. The Morgan fingerprint density at radius 2 is 1.83 bits per heavy atom. The van der Waals surface area contributed by atoms with Crippen LogP contribution in [0, 0.1) is 10.5 Å². The Morgan fingerprint density at radius 3 is 2.48 bits per heavy atom. The molecular formula is C21H23F3IN3O. The van der Waals surface area contributed by atoms with Gasteiger partial charge in [0, 0.05) is 47.5 Å². The molecule has 1 N–H and O–H groups in total. The van der Waals surface area contributed by atoms with Crippen LogP contribution in [0.2, 0.25) is 0 Å². The number of hydrogen-bond acceptors (Lipinski definition) is 3. The van der Waals surface area contributed by atoms with Gasteiger partial charge in [-0.15, -0.1) is 0 Å². The molecule has 1 heterocycles. The predicted molar refractivity (Wildman–Crippen MR) is 116 cm³/mol. The van der Waals surface area contributed by atoms with Gasteiger partial charge >= 0.3 is 6.18 Å². The fourth-order valence-corrected chi connectivity index (χ4v) is 3.85. The van der Waals surface area contributed by atoms with E-state index in [1.54, 1.807) is 18.2 Å². The summed E-state index contributed by atoms with van der Waals surface area (Å²) in [5, 5.41) is 2.61. The highest BCUT2D eigenvalue weighted by atomic mass is 127. The number of benzene rings is 2. The van der Waals surface area contributed by atoms with Gasteiger partial charge in [0.2, 0.25) is 0 Å². The number of carbonyl (C=O) groups excluding carboxylic acids is 1. The van der Waals surface area contributed by atoms with Gasteiger partial charge in [-0.05, 0) is 72.0 Å². The topological polar surface area (TPSA) is 35.6 Å². The molecule has 0 spiro atoms. The van der Waals surface area contributed by atoms with Gasteiger partial charge in [-0.1, -0.05) is 12.1 Å². The highest BCUT2D eigenvalue weighted by Crippen LogP contribution is 2.34. The van der Waals surface area contributed by atoms with Crippen molar-refractivity contribution in [2.45, 2.75) is 19.6 Å². The smallest absolute Gasteiger partial charge is 0.322 e. The fourth-order valence-electron chi connectivity index (χ4n) is 3.35. The van der Waals surface area contributed by atoms with E-state index in [0.717, 1.165) is 41.4 Å². The molecule has 0 saturated carbocycles. The van der Waals surface area contributed by atoms with E-state index >= 15 is 0 Å². The summed E-state index contributed by atoms with van der Waals surface area (Å²) in [4.78, 5) is 16.8. The van der Waals surface area contributed by atoms with Gasteiger partial charge in [0.15, 0.2) is 0 Å². The molecule has 0 radical (unpaired) electrons. The summed E-state index contributed by atoms with van der Waals surface area (Å²) in [6.45, 7) is 5.20. The number of piperazine rings is 1. The van der Waals surface area contributed by atoms with E-state index in [1.807, 2.05) is 24.9 Å². The molecule has 1 amide bonds. The molecule has 1 aliphatic rings. The first-order valence-electron chi connectivity index (χ1n) is 9.32. The molecule has 2 aromatic carbocycles. The standard InChI is InChI=1S/C21H23F3IN3O/c1-14-17(4-3-5-19(14)25)20(29)26-16-7-6-15(18(12-16)21(22,23)24)13-28-10-8-27(2)9-11-28/h3-7,12H,8-11,13H2,1-2H3,(H,26,29). The van der Waals surface area contributed by atoms with Crippen molar-refractivity contribution in [3.05, 3.63) is 62.2 Å². The van der Waals surface area contributed by atoms with Gasteiger partial charge in [0.25, 0.3) is 5.91 Å². The SMILES string of the molecule is Cc1c(I)cccc1C(=O)Nc1ccc(CN2CCN(C)CC2)c(C(F)(F)F)c1. The summed E-state index contributed by atoms with van der Waals surface area (Å²) in [7, 11) is 2.01. The van der Waals surface area contributed by atoms with Crippen molar-refractivity contribution in [3.63, 3.8) is 0 Å². The van der Waals surface area contributed by atoms with Crippen LogP contribution in [0.25, 0.3) is 0 Å². The Bertz CT molecular complexity index is 893. The number of alkyl halides is 3. The molecule has 1 fully saturated rings. The van der Waals surface area contributed by atoms with Crippen LogP contribution in [0.3, 0.4) is 0 Å². The third kappa shape index (κ3) is 5.49. The second-order valence-corrected chi connectivity index (χ2v) is 8.48. The number of likely N-dealkylation sites (N-methyl/N-ethyl adjacent to an activating group) is 1. The van der Waals surface area contributed by atoms with Gasteiger partial charge in [0.05, 0.1) is 5.56 Å². The molecule has 29 heavy (non-hydrogen) atoms. The van der Waals surface area contributed by atoms with Crippen molar-refractivity contribution in [1.82, 2.24) is 9.80 Å². The van der Waals surface area contributed by atoms with E-state index in [1.165, 1.54) is 6.07 Å². The lowest BCUT2D eigenvalue weighted by molar-refractivity contribution is -0.138. The predicted octanol–water partition coefficient (Wildman–Crippen LogP) is 4.62. The van der Waals surface area contributed by atoms with E-state index in [2.05, 4.69) is 32.8 Å². The van der Waals surface area contributed by atoms with E-state index < -0.39 is 17.6 Å². The third-order valence-corrected chi connectivity index (χ3v) is 6.34. The minimum atomic E-state index is -4.49. The molecule has 0 unspecified atom stereocenters. The minimum Gasteiger partial charge on any atom is -0.322 e. The Hall–Kier alpha value is -1.65. The summed E-state index contributed by atoms with van der Waals surface area (Å²) in [5.74, 6) is -0.416. The first-order chi connectivity index (χ1) is 13.6. The Morgan fingerprint density at radius 1 is 1.14 bits per heavy atom. The first kappa shape index (κ1) is 22.0. The van der Waals surface area contributed by atoms with E-state index in [-0.39, 0.29) is 17.8 Å². The molecule has 1 aliphatic heterocycles. The van der Waals surface area contributed by atoms with Crippen molar-refractivity contribution < 1.29 is 18.0 Å². The van der Waals surface area contributed by atoms with Crippen molar-refractivity contribution >= 4 is 34.2 Å². The van der Waals surface area contributed by atoms with Crippen LogP contribution in [-0.4, -0.2) is 48.9 Å². The largest absolute Gasteiger partial charge is 0.416 e. The average Bonchev–Trinajstić information content (AvgIpc) is 2.66. The van der Waals surface area contributed by atoms with Crippen molar-refractivity contribution in [1.29, 1.82) is 0 Å². The molecule has 0 bridgehead atoms. The number of halogens is 4. The molecule has 3 rings (SSSR count). The lowest BCUT2D eigenvalue weighted by Gasteiger charge is -2.33. The summed E-state index contributed by atoms with van der Waals surface area (Å²) < 4.78 is 42.0. The fraction of sp³-hybridized carbons (Fsp3) is 0.381. The Balaban J connectivity index is 1.82. The molecule has 2 aromatic rings. The summed E-state index contributed by atoms with van der Waals surface area (Å²) in [6, 6.07) is 9.34. The van der Waals surface area contributed by atoms with Crippen molar-refractivity contribution in [2.75, 3.05) is 38.5 Å². The maximum absolute atomic E-state index is 13.7. The number of carbonyl (C=O) groups is 1. The molecule has 0 aromatic heterocycles. The van der Waals surface area contributed by atoms with Crippen LogP contribution in [0.1, 0.15) is 27.0 Å². The highest BCUT2D eigenvalue weighted by molar-refractivity contribution is 14.1. The van der Waals surface area contributed by atoms with Gasteiger partial charge < -0.3 is 10.2 Å². The number of rotatable bonds is 4. The van der Waals surface area contributed by atoms with Crippen LogP contribution in [0.4, 0.5) is 18.9 Å². The van der Waals surface area contributed by atoms with Gasteiger partial charge in [-0.2, -0.15) is 13.2 Å². The number of amides is 1. The second-order valence-electron chi connectivity index (χ2n) is 7.32. The molecular weight excluding hydrogens is 494 g/mol. The molecule has 0 aliphatic carbocycles. The third-order valence-electron chi connectivity index (χ3n) is 5.18. The maximum Gasteiger partial charge on any atom is 0.416 e. The van der Waals surface area contributed by atoms with Crippen molar-refractivity contribution in [2.24, 2.45) is 0 Å². The van der Waals surface area contributed by atoms with E-state index in [9.17, 15) is 18.0 Å². The van der Waals surface area contributed by atoms with Crippen LogP contribution < -0.4 is 5.32 Å². The maximum atomic E-state index is 13.7. The zero-order chi connectivity index (χ0) is 21.2. The van der Waals surface area contributed by atoms with Gasteiger partial charge in [0.1, 0.15) is 0 Å². The number of nitrogens with zero attached hydrogens (tertiary/aromatic N) is 2. The minimum absolute atomic E-state index is 0.141. The molecule has 1 saturated heterocycles. The quantitative estimate of drug-likeness (QED) is 0.602. The van der Waals surface area contributed by atoms with Crippen LogP contribution in [0.5, 0.6) is 0 Å². The van der Waals surface area contributed by atoms with Gasteiger partial charge in [-0.25, -0.2) is 0 Å². The summed E-state index contributed by atoms with van der Waals surface area (Å²) >= 11 is 2.13. The zero-order valence-corrected chi connectivity index (χ0v) is 18.5. The van der Waals surface area contributed by atoms with Crippen LogP contribution in [-0.2, 0) is 12.7 Å². The molecule has 4 nitrogen and oxygen atoms in total. The molecule has 8 heteroatoms. The lowest BCUT2D eigenvalue weighted by atomic mass is 10.0. The number of hydrogen-bond donors (Lipinski definition) is 1. The second kappa shape index (κ2) is 9.01. The number of nitrogens with one attached hydrogen (secondary N) is 1. The highest BCUT2D eigenvalue weighted by Gasteiger charge is 2.34. The van der Waals surface area contributed by atoms with Gasteiger partial charge in [-0.3, -0.25) is 9.69 Å². The van der Waals surface area contributed by atoms with Crippen LogP contribution >= 0.6 is 22.6 Å². The zero-order valence-electron chi connectivity index (χ0n) is 16.3. The first-order valence-corrected chi connectivity index (χ1v) is 10.4. The summed E-state index contributed by atoms with van der Waals surface area (Å²) in [6.07, 6.45) is -4.49. The number of anilines is 1. The van der Waals surface area contributed by atoms with Crippen molar-refractivity contribution in [3.8, 4) is 0 Å².